The lowest BCUT2D eigenvalue weighted by molar-refractivity contribution is -0.539. The Morgan fingerprint density at radius 2 is 0.940 bits per heavy atom. The highest BCUT2D eigenvalue weighted by Gasteiger charge is 2.32. The summed E-state index contributed by atoms with van der Waals surface area (Å²) in [6.07, 6.45) is 24.4. The maximum absolute atomic E-state index is 14.7. The molecule has 4 aromatic carbocycles. The maximum atomic E-state index is 14.7. The maximum Gasteiger partial charge on any atom is 0.295 e. The van der Waals surface area contributed by atoms with Crippen molar-refractivity contribution >= 4 is 47.1 Å². The minimum atomic E-state index is -4.63. The Labute approximate surface area is 503 Å². The van der Waals surface area contributed by atoms with Gasteiger partial charge in [-0.15, -0.1) is 0 Å². The SMILES string of the molecule is CCCCC(CC)CN(CC(CC)CCCC)S(=O)(=O)c1cccc(CN(CC)c2ccc(C(=C3C=CC(=[N+](CC)Cc4cccc(S(=O)(=O)N(CC(CC)CCCC)CC(CC)CCCC)c4)C=C3)c3ccccc3S(=O)(=O)O)cc2)c1. The van der Waals surface area contributed by atoms with Crippen LogP contribution in [0.4, 0.5) is 5.69 Å². The summed E-state index contributed by atoms with van der Waals surface area (Å²) in [7, 11) is -12.2. The van der Waals surface area contributed by atoms with Gasteiger partial charge in [-0.25, -0.2) is 21.4 Å². The number of nitrogens with zero attached hydrogens (tertiary/aromatic N) is 4. The Balaban J connectivity index is 1.48. The molecule has 4 aromatic rings. The lowest BCUT2D eigenvalue weighted by atomic mass is 9.90. The third-order valence-corrected chi connectivity index (χ3v) is 21.6. The van der Waals surface area contributed by atoms with Crippen molar-refractivity contribution in [3.05, 3.63) is 149 Å². The van der Waals surface area contributed by atoms with Gasteiger partial charge in [-0.2, -0.15) is 17.0 Å². The van der Waals surface area contributed by atoms with E-state index in [4.69, 9.17) is 0 Å². The first kappa shape index (κ1) is 69.1. The quantitative estimate of drug-likeness (QED) is 0.0346. The zero-order valence-electron chi connectivity index (χ0n) is 52.2. The Morgan fingerprint density at radius 1 is 0.506 bits per heavy atom. The smallest absolute Gasteiger partial charge is 0.295 e. The van der Waals surface area contributed by atoms with Crippen LogP contribution in [0.15, 0.2) is 142 Å². The molecule has 0 aromatic heterocycles. The lowest BCUT2D eigenvalue weighted by Gasteiger charge is -2.30. The average molecular weight is 1200 g/mol. The minimum Gasteiger partial charge on any atom is -0.367 e. The van der Waals surface area contributed by atoms with E-state index in [-0.39, 0.29) is 4.90 Å². The van der Waals surface area contributed by atoms with Crippen molar-refractivity contribution in [1.82, 2.24) is 8.61 Å². The molecule has 4 atom stereocenters. The summed E-state index contributed by atoms with van der Waals surface area (Å²) in [6.45, 7) is 25.9. The largest absolute Gasteiger partial charge is 0.367 e. The van der Waals surface area contributed by atoms with Crippen LogP contribution in [-0.4, -0.2) is 88.0 Å². The van der Waals surface area contributed by atoms with Crippen LogP contribution in [0.3, 0.4) is 0 Å². The third-order valence-electron chi connectivity index (χ3n) is 17.1. The van der Waals surface area contributed by atoms with Crippen molar-refractivity contribution in [2.24, 2.45) is 23.7 Å². The fraction of sp³-hybridized carbons (Fsp3) is 0.551. The van der Waals surface area contributed by atoms with Crippen molar-refractivity contribution in [2.45, 2.75) is 200 Å². The van der Waals surface area contributed by atoms with Crippen molar-refractivity contribution in [2.75, 3.05) is 44.2 Å². The van der Waals surface area contributed by atoms with Gasteiger partial charge in [0, 0.05) is 68.2 Å². The molecule has 0 saturated heterocycles. The molecule has 0 bridgehead atoms. The molecule has 11 nitrogen and oxygen atoms in total. The van der Waals surface area contributed by atoms with E-state index in [9.17, 15) is 29.8 Å². The topological polar surface area (TPSA) is 135 Å². The summed E-state index contributed by atoms with van der Waals surface area (Å²) in [6, 6.07) is 29.3. The second-order valence-electron chi connectivity index (χ2n) is 23.1. The van der Waals surface area contributed by atoms with E-state index < -0.39 is 30.2 Å². The van der Waals surface area contributed by atoms with Gasteiger partial charge in [0.05, 0.1) is 9.79 Å². The van der Waals surface area contributed by atoms with Crippen LogP contribution in [0, 0.1) is 23.7 Å². The highest BCUT2D eigenvalue weighted by Crippen LogP contribution is 2.36. The summed E-state index contributed by atoms with van der Waals surface area (Å²) in [4.78, 5) is 2.63. The van der Waals surface area contributed by atoms with Crippen molar-refractivity contribution in [1.29, 1.82) is 0 Å². The number of rotatable bonds is 38. The molecule has 14 heteroatoms. The van der Waals surface area contributed by atoms with Gasteiger partial charge in [0.1, 0.15) is 11.4 Å². The number of sulfonamides is 2. The van der Waals surface area contributed by atoms with E-state index in [2.05, 4.69) is 78.7 Å². The average Bonchev–Trinajstić information content (AvgIpc) is 3.69. The summed E-state index contributed by atoms with van der Waals surface area (Å²) in [5, 5.41) is 0. The molecule has 4 unspecified atom stereocenters. The first-order chi connectivity index (χ1) is 39.8. The van der Waals surface area contributed by atoms with Crippen LogP contribution < -0.4 is 4.90 Å². The van der Waals surface area contributed by atoms with Gasteiger partial charge < -0.3 is 4.90 Å². The summed E-state index contributed by atoms with van der Waals surface area (Å²) >= 11 is 0. The molecular weight excluding hydrogens is 1090 g/mol. The zero-order valence-corrected chi connectivity index (χ0v) is 54.7. The summed E-state index contributed by atoms with van der Waals surface area (Å²) in [5.74, 6) is 1.19. The van der Waals surface area contributed by atoms with Crippen LogP contribution in [0.5, 0.6) is 0 Å². The lowest BCUT2D eigenvalue weighted by Crippen LogP contribution is -2.39. The van der Waals surface area contributed by atoms with Crippen molar-refractivity contribution in [3.63, 3.8) is 0 Å². The number of hydrogen-bond donors (Lipinski definition) is 1. The summed E-state index contributed by atoms with van der Waals surface area (Å²) in [5.41, 5.74) is 6.02. The minimum absolute atomic E-state index is 0.204. The van der Waals surface area contributed by atoms with Crippen LogP contribution >= 0.6 is 0 Å². The molecule has 458 valence electrons. The predicted molar refractivity (Wildman–Crippen MR) is 347 cm³/mol. The van der Waals surface area contributed by atoms with Gasteiger partial charge in [-0.05, 0) is 140 Å². The molecule has 1 N–H and O–H groups in total. The fourth-order valence-electron chi connectivity index (χ4n) is 11.5. The Kier molecular flexibility index (Phi) is 28.7. The third kappa shape index (κ3) is 19.9. The number of allylic oxidation sites excluding steroid dienone is 5. The number of benzene rings is 4. The Bertz CT molecular complexity index is 3060. The molecule has 1 aliphatic rings. The van der Waals surface area contributed by atoms with E-state index in [1.54, 1.807) is 38.9 Å². The van der Waals surface area contributed by atoms with E-state index in [0.29, 0.717) is 97.0 Å². The second-order valence-corrected chi connectivity index (χ2v) is 28.3. The molecule has 0 fully saturated rings. The zero-order chi connectivity index (χ0) is 60.6. The highest BCUT2D eigenvalue weighted by atomic mass is 32.2. The normalized spacial score (nSPS) is 14.6. The Hall–Kier alpha value is -4.70. The van der Waals surface area contributed by atoms with Crippen LogP contribution in [0.2, 0.25) is 0 Å². The fourth-order valence-corrected chi connectivity index (χ4v) is 15.6. The first-order valence-electron chi connectivity index (χ1n) is 31.7. The van der Waals surface area contributed by atoms with Crippen molar-refractivity contribution in [3.8, 4) is 0 Å². The monoisotopic (exact) mass is 1200 g/mol. The molecule has 0 radical (unpaired) electrons. The molecule has 0 amide bonds. The van der Waals surface area contributed by atoms with Gasteiger partial charge in [-0.3, -0.25) is 4.55 Å². The molecule has 1 aliphatic carbocycles. The molecule has 0 spiro atoms. The number of anilines is 1. The van der Waals surface area contributed by atoms with Crippen molar-refractivity contribution < 1.29 is 34.4 Å². The predicted octanol–water partition coefficient (Wildman–Crippen LogP) is 16.4. The van der Waals surface area contributed by atoms with Gasteiger partial charge in [-0.1, -0.05) is 187 Å². The van der Waals surface area contributed by atoms with E-state index in [1.165, 1.54) is 6.07 Å². The molecule has 83 heavy (non-hydrogen) atoms. The molecule has 0 heterocycles. The van der Waals surface area contributed by atoms with Gasteiger partial charge >= 0.3 is 0 Å². The molecule has 5 rings (SSSR count). The van der Waals surface area contributed by atoms with E-state index >= 15 is 0 Å². The van der Waals surface area contributed by atoms with Gasteiger partial charge in [0.15, 0.2) is 12.3 Å². The van der Waals surface area contributed by atoms with Crippen LogP contribution in [0.1, 0.15) is 194 Å². The van der Waals surface area contributed by atoms with Gasteiger partial charge in [0.2, 0.25) is 20.0 Å². The van der Waals surface area contributed by atoms with E-state index in [0.717, 1.165) is 136 Å². The Morgan fingerprint density at radius 3 is 1.35 bits per heavy atom. The summed E-state index contributed by atoms with van der Waals surface area (Å²) < 4.78 is 101. The molecule has 0 saturated carbocycles. The van der Waals surface area contributed by atoms with Gasteiger partial charge in [0.25, 0.3) is 10.1 Å². The number of hydrogen-bond acceptors (Lipinski definition) is 7. The molecular formula is C69H103N4O7S3+. The highest BCUT2D eigenvalue weighted by molar-refractivity contribution is 7.89. The second kappa shape index (κ2) is 34.4. The number of unbranched alkanes of at least 4 members (excludes halogenated alkanes) is 4. The molecule has 0 aliphatic heterocycles. The van der Waals surface area contributed by atoms with Crippen LogP contribution in [-0.2, 0) is 43.3 Å². The first-order valence-corrected chi connectivity index (χ1v) is 36.0. The van der Waals surface area contributed by atoms with E-state index in [1.807, 2.05) is 85.0 Å². The standard InChI is InChI=1S/C69H102N4O7S3/c1-11-21-29-55(15-5)51-72(52-56(16-6)30-22-12-2)81(74,75)65-35-27-33-59(47-65)49-70(19-9)63-43-39-61(40-44-63)69(67-37-25-26-38-68(67)83(78,79)80)62-41-45-64(46-42-62)71(20-10)50-60-34-28-36-66(48-60)82(76,77)73(53-57(17-7)31-23-13-3)54-58(18-8)32-24-14-4/h25-28,33-48,55-58H,11-24,29-32,49-54H2,1-10H3/p+1. The van der Waals surface area contributed by atoms with Crippen LogP contribution in [0.25, 0.3) is 5.57 Å².